The van der Waals surface area contributed by atoms with Crippen molar-refractivity contribution in [2.24, 2.45) is 0 Å². The fraction of sp³-hybridized carbons (Fsp3) is 0.600. The topological polar surface area (TPSA) is 3.24 Å². The Kier molecular flexibility index (Phi) is 4.01. The van der Waals surface area contributed by atoms with Gasteiger partial charge in [-0.3, -0.25) is 0 Å². The Morgan fingerprint density at radius 2 is 1.81 bits per heavy atom. The standard InChI is InChI=1S/C15H25N/c1-7-10-16(6)14-11-13(15(3,4)5)9-8-12(14)2/h8-9,11H,7,10H2,1-6H3. The summed E-state index contributed by atoms with van der Waals surface area (Å²) in [5, 5.41) is 0. The summed E-state index contributed by atoms with van der Waals surface area (Å²) < 4.78 is 0. The van der Waals surface area contributed by atoms with E-state index in [9.17, 15) is 0 Å². The van der Waals surface area contributed by atoms with Crippen molar-refractivity contribution < 1.29 is 0 Å². The third-order valence-corrected chi connectivity index (χ3v) is 3.05. The maximum Gasteiger partial charge on any atom is 0.0396 e. The summed E-state index contributed by atoms with van der Waals surface area (Å²) >= 11 is 0. The minimum absolute atomic E-state index is 0.232. The van der Waals surface area contributed by atoms with Gasteiger partial charge >= 0.3 is 0 Å². The number of nitrogens with zero attached hydrogens (tertiary/aromatic N) is 1. The van der Waals surface area contributed by atoms with Crippen LogP contribution in [0.2, 0.25) is 0 Å². The monoisotopic (exact) mass is 219 g/mol. The number of rotatable bonds is 3. The molecule has 1 aromatic rings. The van der Waals surface area contributed by atoms with Crippen molar-refractivity contribution in [1.29, 1.82) is 0 Å². The summed E-state index contributed by atoms with van der Waals surface area (Å²) in [7, 11) is 2.18. The summed E-state index contributed by atoms with van der Waals surface area (Å²) in [6.07, 6.45) is 1.19. The maximum absolute atomic E-state index is 2.35. The summed E-state index contributed by atoms with van der Waals surface area (Å²) in [6, 6.07) is 6.83. The fourth-order valence-electron chi connectivity index (χ4n) is 1.94. The molecule has 1 aromatic carbocycles. The van der Waals surface area contributed by atoms with E-state index in [0.29, 0.717) is 0 Å². The van der Waals surface area contributed by atoms with Gasteiger partial charge in [-0.2, -0.15) is 0 Å². The Labute approximate surface area is 100 Å². The molecule has 0 aliphatic rings. The van der Waals surface area contributed by atoms with E-state index in [0.717, 1.165) is 6.54 Å². The summed E-state index contributed by atoms with van der Waals surface area (Å²) in [4.78, 5) is 2.35. The van der Waals surface area contributed by atoms with Gasteiger partial charge in [0.2, 0.25) is 0 Å². The Morgan fingerprint density at radius 1 is 1.19 bits per heavy atom. The molecule has 0 spiro atoms. The molecule has 16 heavy (non-hydrogen) atoms. The molecule has 0 unspecified atom stereocenters. The number of aryl methyl sites for hydroxylation is 1. The molecule has 0 aliphatic heterocycles. The van der Waals surface area contributed by atoms with Gasteiger partial charge in [-0.05, 0) is 36.0 Å². The highest BCUT2D eigenvalue weighted by atomic mass is 15.1. The Hall–Kier alpha value is -0.980. The van der Waals surface area contributed by atoms with Crippen LogP contribution in [0, 0.1) is 6.92 Å². The van der Waals surface area contributed by atoms with Gasteiger partial charge in [-0.25, -0.2) is 0 Å². The average Bonchev–Trinajstić information content (AvgIpc) is 2.16. The lowest BCUT2D eigenvalue weighted by atomic mass is 9.86. The van der Waals surface area contributed by atoms with Gasteiger partial charge in [0.1, 0.15) is 0 Å². The molecule has 0 saturated carbocycles. The quantitative estimate of drug-likeness (QED) is 0.738. The molecule has 1 heteroatoms. The average molecular weight is 219 g/mol. The van der Waals surface area contributed by atoms with Crippen LogP contribution in [0.3, 0.4) is 0 Å². The second-order valence-electron chi connectivity index (χ2n) is 5.67. The van der Waals surface area contributed by atoms with E-state index in [4.69, 9.17) is 0 Å². The van der Waals surface area contributed by atoms with Gasteiger partial charge in [-0.1, -0.05) is 39.8 Å². The molecule has 0 bridgehead atoms. The first-order valence-corrected chi connectivity index (χ1v) is 6.18. The zero-order valence-corrected chi connectivity index (χ0v) is 11.6. The van der Waals surface area contributed by atoms with Gasteiger partial charge in [0.15, 0.2) is 0 Å². The van der Waals surface area contributed by atoms with Gasteiger partial charge in [-0.15, -0.1) is 0 Å². The Morgan fingerprint density at radius 3 is 2.31 bits per heavy atom. The minimum atomic E-state index is 0.232. The first-order chi connectivity index (χ1) is 7.36. The molecule has 1 rings (SSSR count). The number of benzene rings is 1. The van der Waals surface area contributed by atoms with Gasteiger partial charge in [0, 0.05) is 19.3 Å². The molecule has 0 fully saturated rings. The predicted molar refractivity (Wildman–Crippen MR) is 73.4 cm³/mol. The molecule has 90 valence electrons. The van der Waals surface area contributed by atoms with E-state index < -0.39 is 0 Å². The maximum atomic E-state index is 2.35. The Balaban J connectivity index is 3.09. The molecule has 0 amide bonds. The van der Waals surface area contributed by atoms with Crippen LogP contribution in [-0.4, -0.2) is 13.6 Å². The van der Waals surface area contributed by atoms with E-state index in [1.807, 2.05) is 0 Å². The van der Waals surface area contributed by atoms with Crippen LogP contribution in [0.15, 0.2) is 18.2 Å². The van der Waals surface area contributed by atoms with Crippen molar-refractivity contribution in [2.75, 3.05) is 18.5 Å². The molecule has 0 aromatic heterocycles. The van der Waals surface area contributed by atoms with Gasteiger partial charge in [0.25, 0.3) is 0 Å². The largest absolute Gasteiger partial charge is 0.374 e. The lowest BCUT2D eigenvalue weighted by Gasteiger charge is -2.25. The smallest absolute Gasteiger partial charge is 0.0396 e. The molecule has 1 nitrogen and oxygen atoms in total. The van der Waals surface area contributed by atoms with Crippen LogP contribution in [0.4, 0.5) is 5.69 Å². The molecular formula is C15H25N. The third-order valence-electron chi connectivity index (χ3n) is 3.05. The third kappa shape index (κ3) is 3.01. The molecule has 0 aliphatic carbocycles. The van der Waals surface area contributed by atoms with Crippen molar-refractivity contribution in [3.63, 3.8) is 0 Å². The first-order valence-electron chi connectivity index (χ1n) is 6.18. The highest BCUT2D eigenvalue weighted by Crippen LogP contribution is 2.28. The van der Waals surface area contributed by atoms with Crippen molar-refractivity contribution in [3.8, 4) is 0 Å². The van der Waals surface area contributed by atoms with Crippen molar-refractivity contribution in [3.05, 3.63) is 29.3 Å². The lowest BCUT2D eigenvalue weighted by Crippen LogP contribution is -2.20. The summed E-state index contributed by atoms with van der Waals surface area (Å²) in [6.45, 7) is 12.3. The SMILES string of the molecule is CCCN(C)c1cc(C(C)(C)C)ccc1C. The van der Waals surface area contributed by atoms with Crippen LogP contribution in [-0.2, 0) is 5.41 Å². The molecule has 0 radical (unpaired) electrons. The highest BCUT2D eigenvalue weighted by Gasteiger charge is 2.15. The molecule has 0 N–H and O–H groups in total. The van der Waals surface area contributed by atoms with Crippen LogP contribution in [0.1, 0.15) is 45.2 Å². The van der Waals surface area contributed by atoms with Crippen molar-refractivity contribution >= 4 is 5.69 Å². The second-order valence-corrected chi connectivity index (χ2v) is 5.67. The van der Waals surface area contributed by atoms with E-state index in [2.05, 4.69) is 64.8 Å². The number of hydrogen-bond donors (Lipinski definition) is 0. The molecular weight excluding hydrogens is 194 g/mol. The normalized spacial score (nSPS) is 11.6. The van der Waals surface area contributed by atoms with E-state index in [1.54, 1.807) is 0 Å². The summed E-state index contributed by atoms with van der Waals surface area (Å²) in [5.41, 5.74) is 4.38. The van der Waals surface area contributed by atoms with E-state index >= 15 is 0 Å². The predicted octanol–water partition coefficient (Wildman–Crippen LogP) is 4.14. The Bertz CT molecular complexity index is 347. The number of hydrogen-bond acceptors (Lipinski definition) is 1. The van der Waals surface area contributed by atoms with E-state index in [-0.39, 0.29) is 5.41 Å². The number of anilines is 1. The second kappa shape index (κ2) is 4.90. The van der Waals surface area contributed by atoms with Crippen molar-refractivity contribution in [1.82, 2.24) is 0 Å². The first kappa shape index (κ1) is 13.1. The summed E-state index contributed by atoms with van der Waals surface area (Å²) in [5.74, 6) is 0. The highest BCUT2D eigenvalue weighted by molar-refractivity contribution is 5.55. The van der Waals surface area contributed by atoms with E-state index in [1.165, 1.54) is 23.2 Å². The lowest BCUT2D eigenvalue weighted by molar-refractivity contribution is 0.590. The molecule has 0 atom stereocenters. The van der Waals surface area contributed by atoms with Crippen molar-refractivity contribution in [2.45, 2.75) is 46.5 Å². The molecule has 0 saturated heterocycles. The zero-order valence-electron chi connectivity index (χ0n) is 11.6. The minimum Gasteiger partial charge on any atom is -0.374 e. The molecule has 0 heterocycles. The zero-order chi connectivity index (χ0) is 12.3. The van der Waals surface area contributed by atoms with Crippen LogP contribution >= 0.6 is 0 Å². The van der Waals surface area contributed by atoms with Crippen LogP contribution in [0.25, 0.3) is 0 Å². The fourth-order valence-corrected chi connectivity index (χ4v) is 1.94. The van der Waals surface area contributed by atoms with Gasteiger partial charge in [0.05, 0.1) is 0 Å². The van der Waals surface area contributed by atoms with Crippen LogP contribution < -0.4 is 4.90 Å². The van der Waals surface area contributed by atoms with Gasteiger partial charge < -0.3 is 4.90 Å². The van der Waals surface area contributed by atoms with Crippen LogP contribution in [0.5, 0.6) is 0 Å².